The highest BCUT2D eigenvalue weighted by molar-refractivity contribution is 5.30. The Morgan fingerprint density at radius 2 is 2.05 bits per heavy atom. The predicted molar refractivity (Wildman–Crippen MR) is 73.0 cm³/mol. The monoisotopic (exact) mass is 284 g/mol. The zero-order chi connectivity index (χ0) is 14.8. The second kappa shape index (κ2) is 5.51. The lowest BCUT2D eigenvalue weighted by Crippen LogP contribution is -2.24. The second-order valence-electron chi connectivity index (χ2n) is 5.82. The predicted octanol–water partition coefficient (Wildman–Crippen LogP) is 4.94. The molecule has 2 aliphatic rings. The molecular formula is C16H19F3O. The van der Waals surface area contributed by atoms with Gasteiger partial charge in [-0.1, -0.05) is 38.2 Å². The third kappa shape index (κ3) is 3.78. The average molecular weight is 284 g/mol. The summed E-state index contributed by atoms with van der Waals surface area (Å²) in [7, 11) is 0. The molecule has 2 rings (SSSR count). The van der Waals surface area contributed by atoms with Crippen LogP contribution in [-0.4, -0.2) is 12.8 Å². The third-order valence-electron chi connectivity index (χ3n) is 3.63. The lowest BCUT2D eigenvalue weighted by molar-refractivity contribution is -0.0890. The van der Waals surface area contributed by atoms with E-state index in [4.69, 9.17) is 4.74 Å². The van der Waals surface area contributed by atoms with Gasteiger partial charge in [-0.05, 0) is 30.9 Å². The van der Waals surface area contributed by atoms with E-state index in [1.165, 1.54) is 6.08 Å². The van der Waals surface area contributed by atoms with Gasteiger partial charge in [0.05, 0.1) is 12.2 Å². The Morgan fingerprint density at radius 3 is 2.55 bits per heavy atom. The first kappa shape index (κ1) is 14.9. The number of hydrogen-bond donors (Lipinski definition) is 0. The summed E-state index contributed by atoms with van der Waals surface area (Å²) in [4.78, 5) is 0. The van der Waals surface area contributed by atoms with Crippen LogP contribution in [0.4, 0.5) is 13.2 Å². The topological polar surface area (TPSA) is 9.23 Å². The Kier molecular flexibility index (Phi) is 4.11. The molecule has 0 amide bonds. The number of rotatable bonds is 3. The molecule has 0 heterocycles. The molecule has 0 radical (unpaired) electrons. The fourth-order valence-electron chi connectivity index (χ4n) is 2.15. The fourth-order valence-corrected chi connectivity index (χ4v) is 2.15. The van der Waals surface area contributed by atoms with Crippen LogP contribution in [0.3, 0.4) is 0 Å². The zero-order valence-electron chi connectivity index (χ0n) is 11.7. The first-order chi connectivity index (χ1) is 9.28. The zero-order valence-corrected chi connectivity index (χ0v) is 11.7. The molecule has 0 bridgehead atoms. The summed E-state index contributed by atoms with van der Waals surface area (Å²) in [5.74, 6) is 1.33. The van der Waals surface area contributed by atoms with Crippen molar-refractivity contribution in [1.29, 1.82) is 0 Å². The molecule has 1 nitrogen and oxygen atoms in total. The largest absolute Gasteiger partial charge is 0.493 e. The normalized spacial score (nSPS) is 29.9. The molecule has 0 spiro atoms. The molecule has 0 aromatic heterocycles. The maximum Gasteiger partial charge on any atom is 0.416 e. The van der Waals surface area contributed by atoms with Crippen molar-refractivity contribution < 1.29 is 17.9 Å². The van der Waals surface area contributed by atoms with Gasteiger partial charge in [-0.3, -0.25) is 0 Å². The van der Waals surface area contributed by atoms with Gasteiger partial charge in [0.1, 0.15) is 5.76 Å². The Balaban J connectivity index is 1.91. The number of alkyl halides is 3. The van der Waals surface area contributed by atoms with E-state index >= 15 is 0 Å². The van der Waals surface area contributed by atoms with Gasteiger partial charge in [0, 0.05) is 5.41 Å². The molecule has 0 aromatic rings. The molecule has 0 saturated carbocycles. The van der Waals surface area contributed by atoms with E-state index in [0.29, 0.717) is 18.9 Å². The first-order valence-electron chi connectivity index (χ1n) is 6.76. The Labute approximate surface area is 117 Å². The standard InChI is InChI=1S/C16H19F3O/c1-12-3-5-14(6-4-12)20-11-15(2)9-7-13(8-10-15)16(17,18)19/h3,5-9,12H,4,10-11H2,1-2H3. The van der Waals surface area contributed by atoms with E-state index in [0.717, 1.165) is 18.3 Å². The van der Waals surface area contributed by atoms with Gasteiger partial charge < -0.3 is 4.74 Å². The van der Waals surface area contributed by atoms with Crippen molar-refractivity contribution in [1.82, 2.24) is 0 Å². The summed E-state index contributed by atoms with van der Waals surface area (Å²) in [6, 6.07) is 0. The molecule has 2 unspecified atom stereocenters. The quantitative estimate of drug-likeness (QED) is 0.713. The number of ether oxygens (including phenoxy) is 1. The highest BCUT2D eigenvalue weighted by Gasteiger charge is 2.35. The molecular weight excluding hydrogens is 265 g/mol. The van der Waals surface area contributed by atoms with Crippen molar-refractivity contribution in [3.05, 3.63) is 47.8 Å². The number of hydrogen-bond acceptors (Lipinski definition) is 1. The van der Waals surface area contributed by atoms with Crippen LogP contribution >= 0.6 is 0 Å². The average Bonchev–Trinajstić information content (AvgIpc) is 2.38. The Hall–Kier alpha value is -1.45. The van der Waals surface area contributed by atoms with Gasteiger partial charge in [0.15, 0.2) is 0 Å². The molecule has 110 valence electrons. The smallest absolute Gasteiger partial charge is 0.416 e. The van der Waals surface area contributed by atoms with E-state index in [-0.39, 0.29) is 5.41 Å². The molecule has 2 aliphatic carbocycles. The molecule has 0 aliphatic heterocycles. The SMILES string of the molecule is CC1C=CC(OCC2(C)C=CC(C(F)(F)F)=CC2)=CC1. The third-order valence-corrected chi connectivity index (χ3v) is 3.63. The minimum Gasteiger partial charge on any atom is -0.493 e. The van der Waals surface area contributed by atoms with Gasteiger partial charge in [0.25, 0.3) is 0 Å². The van der Waals surface area contributed by atoms with Crippen molar-refractivity contribution in [3.63, 3.8) is 0 Å². The van der Waals surface area contributed by atoms with Gasteiger partial charge in [0.2, 0.25) is 0 Å². The van der Waals surface area contributed by atoms with Gasteiger partial charge in [-0.15, -0.1) is 0 Å². The van der Waals surface area contributed by atoms with Crippen LogP contribution in [0, 0.1) is 11.3 Å². The minimum atomic E-state index is -4.26. The van der Waals surface area contributed by atoms with E-state index in [2.05, 4.69) is 13.0 Å². The highest BCUT2D eigenvalue weighted by Crippen LogP contribution is 2.36. The van der Waals surface area contributed by atoms with Crippen LogP contribution < -0.4 is 0 Å². The Bertz CT molecular complexity index is 482. The van der Waals surface area contributed by atoms with E-state index in [1.807, 2.05) is 19.1 Å². The summed E-state index contributed by atoms with van der Waals surface area (Å²) < 4.78 is 43.3. The van der Waals surface area contributed by atoms with E-state index < -0.39 is 11.7 Å². The summed E-state index contributed by atoms with van der Waals surface area (Å²) in [6.45, 7) is 4.41. The van der Waals surface area contributed by atoms with Crippen LogP contribution in [0.15, 0.2) is 47.8 Å². The number of allylic oxidation sites excluding steroid dienone is 6. The molecule has 0 saturated heterocycles. The minimum absolute atomic E-state index is 0.339. The molecule has 4 heteroatoms. The van der Waals surface area contributed by atoms with Crippen LogP contribution in [-0.2, 0) is 4.74 Å². The van der Waals surface area contributed by atoms with Crippen LogP contribution in [0.2, 0.25) is 0 Å². The lowest BCUT2D eigenvalue weighted by Gasteiger charge is -2.29. The van der Waals surface area contributed by atoms with Crippen molar-refractivity contribution in [2.45, 2.75) is 32.9 Å². The van der Waals surface area contributed by atoms with E-state index in [9.17, 15) is 13.2 Å². The highest BCUT2D eigenvalue weighted by atomic mass is 19.4. The molecule has 2 atom stereocenters. The summed E-state index contributed by atoms with van der Waals surface area (Å²) >= 11 is 0. The maximum atomic E-state index is 12.5. The van der Waals surface area contributed by atoms with Gasteiger partial charge in [-0.25, -0.2) is 0 Å². The lowest BCUT2D eigenvalue weighted by atomic mass is 9.82. The molecule has 0 N–H and O–H groups in total. The molecule has 0 aromatic carbocycles. The van der Waals surface area contributed by atoms with Crippen molar-refractivity contribution in [2.75, 3.05) is 6.61 Å². The Morgan fingerprint density at radius 1 is 1.30 bits per heavy atom. The van der Waals surface area contributed by atoms with Crippen molar-refractivity contribution in [3.8, 4) is 0 Å². The fraction of sp³-hybridized carbons (Fsp3) is 0.500. The van der Waals surface area contributed by atoms with Crippen LogP contribution in [0.25, 0.3) is 0 Å². The molecule has 20 heavy (non-hydrogen) atoms. The van der Waals surface area contributed by atoms with Crippen molar-refractivity contribution >= 4 is 0 Å². The maximum absolute atomic E-state index is 12.5. The number of halogens is 3. The summed E-state index contributed by atoms with van der Waals surface area (Å²) in [5.41, 5.74) is -0.951. The summed E-state index contributed by atoms with van der Waals surface area (Å²) in [6.07, 6.45) is 7.06. The van der Waals surface area contributed by atoms with Gasteiger partial charge in [-0.2, -0.15) is 13.2 Å². The van der Waals surface area contributed by atoms with Crippen LogP contribution in [0.5, 0.6) is 0 Å². The van der Waals surface area contributed by atoms with E-state index in [1.54, 1.807) is 6.08 Å². The van der Waals surface area contributed by atoms with Crippen LogP contribution in [0.1, 0.15) is 26.7 Å². The molecule has 0 fully saturated rings. The van der Waals surface area contributed by atoms with Gasteiger partial charge >= 0.3 is 6.18 Å². The summed E-state index contributed by atoms with van der Waals surface area (Å²) in [5, 5.41) is 0. The first-order valence-corrected chi connectivity index (χ1v) is 6.76. The van der Waals surface area contributed by atoms with Crippen molar-refractivity contribution in [2.24, 2.45) is 11.3 Å². The second-order valence-corrected chi connectivity index (χ2v) is 5.82.